The van der Waals surface area contributed by atoms with E-state index in [9.17, 15) is 8.42 Å². The number of aliphatic hydroxyl groups excluding tert-OH is 1. The summed E-state index contributed by atoms with van der Waals surface area (Å²) in [4.78, 5) is 4.17. The van der Waals surface area contributed by atoms with E-state index in [1.807, 2.05) is 6.92 Å². The fourth-order valence-electron chi connectivity index (χ4n) is 1.65. The molecule has 1 aromatic heterocycles. The van der Waals surface area contributed by atoms with Gasteiger partial charge in [0, 0.05) is 39.7 Å². The summed E-state index contributed by atoms with van der Waals surface area (Å²) >= 11 is 0. The second-order valence-electron chi connectivity index (χ2n) is 4.30. The predicted octanol–water partition coefficient (Wildman–Crippen LogP) is 0.415. The van der Waals surface area contributed by atoms with Crippen LogP contribution in [0, 0.1) is 0 Å². The first-order valence-electron chi connectivity index (χ1n) is 6.04. The molecule has 6 nitrogen and oxygen atoms in total. The lowest BCUT2D eigenvalue weighted by Gasteiger charge is -2.16. The maximum absolute atomic E-state index is 12.2. The second-order valence-corrected chi connectivity index (χ2v) is 6.29. The monoisotopic (exact) mass is 275 g/mol. The average molecular weight is 275 g/mol. The molecular weight excluding hydrogens is 254 g/mol. The van der Waals surface area contributed by atoms with Gasteiger partial charge in [0.25, 0.3) is 0 Å². The third kappa shape index (κ3) is 3.09. The van der Waals surface area contributed by atoms with Crippen LogP contribution in [0.25, 0.3) is 0 Å². The van der Waals surface area contributed by atoms with Crippen LogP contribution in [0.3, 0.4) is 0 Å². The number of rotatable bonds is 7. The van der Waals surface area contributed by atoms with Crippen LogP contribution in [0.15, 0.2) is 6.20 Å². The van der Waals surface area contributed by atoms with Gasteiger partial charge in [-0.25, -0.2) is 8.96 Å². The molecule has 7 heteroatoms. The lowest BCUT2D eigenvalue weighted by Crippen LogP contribution is -2.31. The Labute approximate surface area is 108 Å². The van der Waals surface area contributed by atoms with Crippen LogP contribution in [0.2, 0.25) is 0 Å². The van der Waals surface area contributed by atoms with E-state index in [2.05, 4.69) is 4.98 Å². The summed E-state index contributed by atoms with van der Waals surface area (Å²) in [6.07, 6.45) is 4.30. The molecule has 0 aliphatic rings. The first-order valence-corrected chi connectivity index (χ1v) is 7.44. The first kappa shape index (κ1) is 15.1. The predicted molar refractivity (Wildman–Crippen MR) is 69.6 cm³/mol. The largest absolute Gasteiger partial charge is 0.396 e. The van der Waals surface area contributed by atoms with Crippen LogP contribution in [0.5, 0.6) is 0 Å². The lowest BCUT2D eigenvalue weighted by atomic mass is 10.2. The molecule has 0 aromatic carbocycles. The highest BCUT2D eigenvalue weighted by Gasteiger charge is 2.23. The summed E-state index contributed by atoms with van der Waals surface area (Å²) in [5, 5.41) is 8.98. The van der Waals surface area contributed by atoms with E-state index in [1.54, 1.807) is 0 Å². The minimum Gasteiger partial charge on any atom is -0.396 e. The Morgan fingerprint density at radius 2 is 2.06 bits per heavy atom. The van der Waals surface area contributed by atoms with Gasteiger partial charge in [0.2, 0.25) is 0 Å². The van der Waals surface area contributed by atoms with Crippen LogP contribution in [0.1, 0.15) is 31.3 Å². The maximum atomic E-state index is 12.2. The minimum absolute atomic E-state index is 0.0954. The molecule has 1 rings (SSSR count). The molecule has 0 bridgehead atoms. The fourth-order valence-corrected chi connectivity index (χ4v) is 2.81. The molecule has 0 atom stereocenters. The van der Waals surface area contributed by atoms with Crippen molar-refractivity contribution in [3.05, 3.63) is 17.7 Å². The number of imidazole rings is 1. The molecular formula is C11H21N3O3S. The quantitative estimate of drug-likeness (QED) is 0.782. The van der Waals surface area contributed by atoms with Crippen molar-refractivity contribution >= 4 is 10.2 Å². The summed E-state index contributed by atoms with van der Waals surface area (Å²) in [6, 6.07) is 0. The van der Waals surface area contributed by atoms with Crippen molar-refractivity contribution in [2.75, 3.05) is 20.7 Å². The molecule has 0 saturated carbocycles. The van der Waals surface area contributed by atoms with E-state index in [-0.39, 0.29) is 13.0 Å². The Morgan fingerprint density at radius 3 is 2.56 bits per heavy atom. The molecule has 0 amide bonds. The topological polar surface area (TPSA) is 75.4 Å². The summed E-state index contributed by atoms with van der Waals surface area (Å²) in [5.41, 5.74) is 0.525. The number of aliphatic hydroxyl groups is 1. The molecule has 0 radical (unpaired) electrons. The van der Waals surface area contributed by atoms with E-state index in [0.717, 1.165) is 17.1 Å². The van der Waals surface area contributed by atoms with Crippen LogP contribution in [-0.2, 0) is 23.1 Å². The van der Waals surface area contributed by atoms with Gasteiger partial charge in [0.05, 0.1) is 5.69 Å². The number of unbranched alkanes of at least 4 members (excludes halogenated alkanes) is 1. The zero-order chi connectivity index (χ0) is 13.8. The highest BCUT2D eigenvalue weighted by molar-refractivity contribution is 7.87. The zero-order valence-electron chi connectivity index (χ0n) is 11.1. The SMILES string of the molecule is CCCCc1ncc(CCO)n1S(=O)(=O)N(C)C. The third-order valence-electron chi connectivity index (χ3n) is 2.67. The molecule has 104 valence electrons. The highest BCUT2D eigenvalue weighted by Crippen LogP contribution is 2.14. The van der Waals surface area contributed by atoms with Gasteiger partial charge in [0.15, 0.2) is 0 Å². The van der Waals surface area contributed by atoms with E-state index < -0.39 is 10.2 Å². The van der Waals surface area contributed by atoms with Crippen LogP contribution < -0.4 is 0 Å². The van der Waals surface area contributed by atoms with E-state index in [1.165, 1.54) is 24.3 Å². The van der Waals surface area contributed by atoms with Gasteiger partial charge >= 0.3 is 10.2 Å². The molecule has 1 aromatic rings. The molecule has 0 spiro atoms. The number of aromatic nitrogens is 2. The van der Waals surface area contributed by atoms with E-state index in [0.29, 0.717) is 17.9 Å². The molecule has 18 heavy (non-hydrogen) atoms. The minimum atomic E-state index is -3.57. The van der Waals surface area contributed by atoms with Crippen molar-refractivity contribution < 1.29 is 13.5 Å². The summed E-state index contributed by atoms with van der Waals surface area (Å²) in [7, 11) is -0.596. The lowest BCUT2D eigenvalue weighted by molar-refractivity contribution is 0.297. The highest BCUT2D eigenvalue weighted by atomic mass is 32.2. The molecule has 0 unspecified atom stereocenters. The molecule has 0 aliphatic heterocycles. The average Bonchev–Trinajstić information content (AvgIpc) is 2.70. The Morgan fingerprint density at radius 1 is 1.39 bits per heavy atom. The van der Waals surface area contributed by atoms with Gasteiger partial charge in [-0.15, -0.1) is 0 Å². The van der Waals surface area contributed by atoms with Gasteiger partial charge in [-0.3, -0.25) is 0 Å². The molecule has 0 saturated heterocycles. The van der Waals surface area contributed by atoms with Crippen molar-refractivity contribution in [1.82, 2.24) is 13.3 Å². The van der Waals surface area contributed by atoms with Crippen molar-refractivity contribution in [3.63, 3.8) is 0 Å². The van der Waals surface area contributed by atoms with E-state index >= 15 is 0 Å². The van der Waals surface area contributed by atoms with Gasteiger partial charge in [0.1, 0.15) is 5.82 Å². The summed E-state index contributed by atoms with van der Waals surface area (Å²) in [5.74, 6) is 0.536. The second kappa shape index (κ2) is 6.31. The number of aryl methyl sites for hydroxylation is 1. The smallest absolute Gasteiger partial charge is 0.308 e. The molecule has 1 N–H and O–H groups in total. The summed E-state index contributed by atoms with van der Waals surface area (Å²) < 4.78 is 26.9. The third-order valence-corrected chi connectivity index (χ3v) is 4.50. The van der Waals surface area contributed by atoms with E-state index in [4.69, 9.17) is 5.11 Å². The fraction of sp³-hybridized carbons (Fsp3) is 0.727. The Balaban J connectivity index is 3.22. The van der Waals surface area contributed by atoms with Gasteiger partial charge in [-0.05, 0) is 6.42 Å². The van der Waals surface area contributed by atoms with Crippen molar-refractivity contribution in [2.45, 2.75) is 32.6 Å². The summed E-state index contributed by atoms with van der Waals surface area (Å²) in [6.45, 7) is 1.95. The Bertz CT molecular complexity index is 480. The zero-order valence-corrected chi connectivity index (χ0v) is 11.9. The molecule has 1 heterocycles. The van der Waals surface area contributed by atoms with Crippen molar-refractivity contribution in [3.8, 4) is 0 Å². The van der Waals surface area contributed by atoms with Gasteiger partial charge in [-0.1, -0.05) is 13.3 Å². The number of hydrogen-bond donors (Lipinski definition) is 1. The number of nitrogens with zero attached hydrogens (tertiary/aromatic N) is 3. The maximum Gasteiger partial charge on any atom is 0.308 e. The molecule has 0 fully saturated rings. The van der Waals surface area contributed by atoms with Crippen molar-refractivity contribution in [1.29, 1.82) is 0 Å². The number of hydrogen-bond acceptors (Lipinski definition) is 4. The van der Waals surface area contributed by atoms with Crippen LogP contribution >= 0.6 is 0 Å². The Kier molecular flexibility index (Phi) is 5.30. The van der Waals surface area contributed by atoms with Crippen LogP contribution in [0.4, 0.5) is 0 Å². The normalized spacial score (nSPS) is 12.3. The van der Waals surface area contributed by atoms with Crippen LogP contribution in [-0.4, -0.2) is 47.5 Å². The Hall–Kier alpha value is -0.920. The standard InChI is InChI=1S/C11H21N3O3S/c1-4-5-6-11-12-9-10(7-8-15)14(11)18(16,17)13(2)3/h9,15H,4-8H2,1-3H3. The first-order chi connectivity index (χ1) is 8.45. The van der Waals surface area contributed by atoms with Gasteiger partial charge < -0.3 is 5.11 Å². The molecule has 0 aliphatic carbocycles. The van der Waals surface area contributed by atoms with Crippen molar-refractivity contribution in [2.24, 2.45) is 0 Å². The van der Waals surface area contributed by atoms with Gasteiger partial charge in [-0.2, -0.15) is 12.7 Å².